The van der Waals surface area contributed by atoms with Gasteiger partial charge in [-0.25, -0.2) is 8.42 Å². The molecular weight excluding hydrogens is 298 g/mol. The molecule has 0 atom stereocenters. The van der Waals surface area contributed by atoms with Crippen LogP contribution in [-0.2, 0) is 16.6 Å². The Morgan fingerprint density at radius 1 is 1.47 bits per heavy atom. The Morgan fingerprint density at radius 3 is 2.87 bits per heavy atom. The lowest BCUT2D eigenvalue weighted by Crippen LogP contribution is -2.37. The van der Waals surface area contributed by atoms with E-state index < -0.39 is 10.0 Å². The molecule has 2 rings (SSSR count). The molecule has 6 heteroatoms. The number of halogens is 1. The van der Waals surface area contributed by atoms with E-state index in [9.17, 15) is 8.42 Å². The van der Waals surface area contributed by atoms with Crippen LogP contribution in [0.25, 0.3) is 0 Å². The van der Waals surface area contributed by atoms with Crippen molar-refractivity contribution in [1.29, 1.82) is 0 Å². The Balaban J connectivity index is 2.15. The molecule has 0 radical (unpaired) electrons. The van der Waals surface area contributed by atoms with Gasteiger partial charge in [-0.3, -0.25) is 0 Å². The molecule has 1 fully saturated rings. The average Bonchev–Trinajstić information content (AvgIpc) is 2.56. The maximum Gasteiger partial charge on any atom is 0.214 e. The molecular formula is C9H12BrNO2S2. The molecule has 0 aliphatic carbocycles. The molecule has 2 heterocycles. The van der Waals surface area contributed by atoms with E-state index in [-0.39, 0.29) is 0 Å². The monoisotopic (exact) mass is 309 g/mol. The Bertz CT molecular complexity index is 441. The summed E-state index contributed by atoms with van der Waals surface area (Å²) in [5, 5.41) is 1.97. The van der Waals surface area contributed by atoms with Gasteiger partial charge in [0.15, 0.2) is 0 Å². The molecule has 0 N–H and O–H groups in total. The van der Waals surface area contributed by atoms with E-state index in [4.69, 9.17) is 0 Å². The van der Waals surface area contributed by atoms with Gasteiger partial charge in [-0.05, 0) is 45.8 Å². The van der Waals surface area contributed by atoms with E-state index in [0.29, 0.717) is 18.8 Å². The lowest BCUT2D eigenvalue weighted by Gasteiger charge is -2.25. The summed E-state index contributed by atoms with van der Waals surface area (Å²) in [5.74, 6) is 0.300. The smallest absolute Gasteiger partial charge is 0.212 e. The Hall–Kier alpha value is 0.0900. The molecule has 0 unspecified atom stereocenters. The molecule has 1 aromatic rings. The second-order valence-electron chi connectivity index (χ2n) is 3.58. The molecule has 0 bridgehead atoms. The van der Waals surface area contributed by atoms with Gasteiger partial charge in [-0.1, -0.05) is 0 Å². The van der Waals surface area contributed by atoms with Crippen molar-refractivity contribution in [3.63, 3.8) is 0 Å². The van der Waals surface area contributed by atoms with Gasteiger partial charge in [-0.15, -0.1) is 11.3 Å². The molecule has 0 aromatic carbocycles. The van der Waals surface area contributed by atoms with Crippen LogP contribution in [0, 0.1) is 0 Å². The van der Waals surface area contributed by atoms with E-state index in [1.165, 1.54) is 0 Å². The van der Waals surface area contributed by atoms with Crippen LogP contribution >= 0.6 is 27.3 Å². The molecule has 15 heavy (non-hydrogen) atoms. The van der Waals surface area contributed by atoms with E-state index in [0.717, 1.165) is 22.2 Å². The van der Waals surface area contributed by atoms with Crippen molar-refractivity contribution in [3.05, 3.63) is 20.8 Å². The molecule has 84 valence electrons. The second-order valence-corrected chi connectivity index (χ2v) is 7.90. The Labute approximate surface area is 102 Å². The van der Waals surface area contributed by atoms with Gasteiger partial charge in [0.05, 0.1) is 9.54 Å². The first-order valence-corrected chi connectivity index (χ1v) is 8.07. The Kier molecular flexibility index (Phi) is 3.49. The normalized spacial score (nSPS) is 21.7. The van der Waals surface area contributed by atoms with E-state index in [1.807, 2.05) is 11.4 Å². The first-order chi connectivity index (χ1) is 7.09. The van der Waals surface area contributed by atoms with Crippen LogP contribution in [-0.4, -0.2) is 25.0 Å². The van der Waals surface area contributed by atoms with Gasteiger partial charge >= 0.3 is 0 Å². The minimum Gasteiger partial charge on any atom is -0.212 e. The van der Waals surface area contributed by atoms with E-state index in [2.05, 4.69) is 15.9 Å². The standard InChI is InChI=1S/C9H12BrNO2S2/c10-9-8(3-5-14-9)7-11-4-1-2-6-15(11,12)13/h3,5H,1-2,4,6-7H2. The van der Waals surface area contributed by atoms with Gasteiger partial charge < -0.3 is 0 Å². The third-order valence-electron chi connectivity index (χ3n) is 2.49. The van der Waals surface area contributed by atoms with Crippen molar-refractivity contribution in [2.75, 3.05) is 12.3 Å². The maximum absolute atomic E-state index is 11.7. The molecule has 0 spiro atoms. The van der Waals surface area contributed by atoms with Crippen molar-refractivity contribution >= 4 is 37.3 Å². The number of sulfonamides is 1. The van der Waals surface area contributed by atoms with Crippen LogP contribution in [0.3, 0.4) is 0 Å². The molecule has 0 saturated carbocycles. The quantitative estimate of drug-likeness (QED) is 0.841. The number of nitrogens with zero attached hydrogens (tertiary/aromatic N) is 1. The SMILES string of the molecule is O=S1(=O)CCCCN1Cc1ccsc1Br. The van der Waals surface area contributed by atoms with Gasteiger partial charge in [0.1, 0.15) is 0 Å². The summed E-state index contributed by atoms with van der Waals surface area (Å²) in [6, 6.07) is 1.97. The predicted molar refractivity (Wildman–Crippen MR) is 65.4 cm³/mol. The molecule has 1 aliphatic heterocycles. The zero-order valence-electron chi connectivity index (χ0n) is 8.15. The Morgan fingerprint density at radius 2 is 2.27 bits per heavy atom. The van der Waals surface area contributed by atoms with E-state index in [1.54, 1.807) is 15.6 Å². The minimum atomic E-state index is -3.00. The number of rotatable bonds is 2. The highest BCUT2D eigenvalue weighted by Gasteiger charge is 2.26. The second kappa shape index (κ2) is 4.53. The van der Waals surface area contributed by atoms with Gasteiger partial charge in [0.25, 0.3) is 0 Å². The van der Waals surface area contributed by atoms with Crippen LogP contribution in [0.1, 0.15) is 18.4 Å². The van der Waals surface area contributed by atoms with Crippen molar-refractivity contribution in [2.24, 2.45) is 0 Å². The van der Waals surface area contributed by atoms with Crippen LogP contribution in [0.4, 0.5) is 0 Å². The summed E-state index contributed by atoms with van der Waals surface area (Å²) < 4.78 is 26.1. The molecule has 0 amide bonds. The molecule has 1 aliphatic rings. The third kappa shape index (κ3) is 2.61. The first kappa shape index (κ1) is 11.6. The zero-order chi connectivity index (χ0) is 10.9. The zero-order valence-corrected chi connectivity index (χ0v) is 11.4. The lowest BCUT2D eigenvalue weighted by molar-refractivity contribution is 0.378. The summed E-state index contributed by atoms with van der Waals surface area (Å²) in [5.41, 5.74) is 1.06. The highest BCUT2D eigenvalue weighted by atomic mass is 79.9. The summed E-state index contributed by atoms with van der Waals surface area (Å²) in [6.45, 7) is 1.16. The van der Waals surface area contributed by atoms with Gasteiger partial charge in [-0.2, -0.15) is 4.31 Å². The maximum atomic E-state index is 11.7. The van der Waals surface area contributed by atoms with Crippen LogP contribution in [0.5, 0.6) is 0 Å². The van der Waals surface area contributed by atoms with E-state index >= 15 is 0 Å². The highest BCUT2D eigenvalue weighted by molar-refractivity contribution is 9.11. The average molecular weight is 310 g/mol. The molecule has 1 aromatic heterocycles. The first-order valence-electron chi connectivity index (χ1n) is 4.79. The number of thiophene rings is 1. The summed E-state index contributed by atoms with van der Waals surface area (Å²) in [4.78, 5) is 0. The van der Waals surface area contributed by atoms with Crippen molar-refractivity contribution in [1.82, 2.24) is 4.31 Å². The van der Waals surface area contributed by atoms with Crippen molar-refractivity contribution in [3.8, 4) is 0 Å². The van der Waals surface area contributed by atoms with Crippen LogP contribution in [0.15, 0.2) is 15.2 Å². The molecule has 1 saturated heterocycles. The summed E-state index contributed by atoms with van der Waals surface area (Å²) >= 11 is 5.02. The highest BCUT2D eigenvalue weighted by Crippen LogP contribution is 2.26. The van der Waals surface area contributed by atoms with Gasteiger partial charge in [0.2, 0.25) is 10.0 Å². The summed E-state index contributed by atoms with van der Waals surface area (Å²) in [7, 11) is -3.00. The fourth-order valence-electron chi connectivity index (χ4n) is 1.64. The van der Waals surface area contributed by atoms with Crippen LogP contribution in [0.2, 0.25) is 0 Å². The third-order valence-corrected chi connectivity index (χ3v) is 6.21. The predicted octanol–water partition coefficient (Wildman–Crippen LogP) is 2.44. The topological polar surface area (TPSA) is 37.4 Å². The fourth-order valence-corrected chi connectivity index (χ4v) is 4.43. The largest absolute Gasteiger partial charge is 0.214 e. The van der Waals surface area contributed by atoms with Crippen LogP contribution < -0.4 is 0 Å². The van der Waals surface area contributed by atoms with Gasteiger partial charge in [0, 0.05) is 13.1 Å². The van der Waals surface area contributed by atoms with Crippen molar-refractivity contribution in [2.45, 2.75) is 19.4 Å². The van der Waals surface area contributed by atoms with Crippen molar-refractivity contribution < 1.29 is 8.42 Å². The number of hydrogen-bond acceptors (Lipinski definition) is 3. The molecule has 3 nitrogen and oxygen atoms in total. The minimum absolute atomic E-state index is 0.300. The fraction of sp³-hybridized carbons (Fsp3) is 0.556. The summed E-state index contributed by atoms with van der Waals surface area (Å²) in [6.07, 6.45) is 1.77. The number of hydrogen-bond donors (Lipinski definition) is 0. The lowest BCUT2D eigenvalue weighted by atomic mass is 10.3.